The van der Waals surface area contributed by atoms with E-state index in [9.17, 15) is 14.0 Å². The molecule has 5 heteroatoms. The number of halogens is 1. The molecule has 1 aromatic carbocycles. The molecule has 1 aromatic heterocycles. The van der Waals surface area contributed by atoms with Crippen LogP contribution in [0, 0.1) is 5.82 Å². The Labute approximate surface area is 95.9 Å². The van der Waals surface area contributed by atoms with Crippen molar-refractivity contribution in [2.24, 2.45) is 0 Å². The minimum Gasteiger partial charge on any atom is -0.480 e. The van der Waals surface area contributed by atoms with Crippen LogP contribution >= 0.6 is 0 Å². The highest BCUT2D eigenvalue weighted by molar-refractivity contribution is 5.81. The molecular weight excluding hydrogens is 225 g/mol. The number of benzene rings is 1. The maximum absolute atomic E-state index is 13.2. The predicted molar refractivity (Wildman–Crippen MR) is 60.5 cm³/mol. The van der Waals surface area contributed by atoms with Gasteiger partial charge in [-0.25, -0.2) is 9.18 Å². The van der Waals surface area contributed by atoms with E-state index >= 15 is 0 Å². The van der Waals surface area contributed by atoms with Gasteiger partial charge in [-0.15, -0.1) is 0 Å². The second-order valence-corrected chi connectivity index (χ2v) is 3.76. The summed E-state index contributed by atoms with van der Waals surface area (Å²) >= 11 is 0. The number of hydrogen-bond acceptors (Lipinski definition) is 2. The molecule has 0 fully saturated rings. The first-order chi connectivity index (χ1) is 8.00. The summed E-state index contributed by atoms with van der Waals surface area (Å²) in [6.45, 7) is 1.47. The zero-order valence-corrected chi connectivity index (χ0v) is 9.05. The SMILES string of the molecule is C[C@@H](C(=O)O)n1ccc(=O)c2ccc(F)cc21. The van der Waals surface area contributed by atoms with E-state index in [0.717, 1.165) is 6.07 Å². The number of rotatable bonds is 2. The monoisotopic (exact) mass is 235 g/mol. The van der Waals surface area contributed by atoms with Crippen molar-refractivity contribution in [2.45, 2.75) is 13.0 Å². The number of aliphatic carboxylic acids is 1. The van der Waals surface area contributed by atoms with Gasteiger partial charge in [0.1, 0.15) is 11.9 Å². The van der Waals surface area contributed by atoms with Gasteiger partial charge in [-0.1, -0.05) is 0 Å². The summed E-state index contributed by atoms with van der Waals surface area (Å²) in [6, 6.07) is 4.12. The van der Waals surface area contributed by atoms with Crippen LogP contribution in [-0.2, 0) is 4.79 Å². The number of carboxylic acids is 1. The Kier molecular flexibility index (Phi) is 2.67. The highest BCUT2D eigenvalue weighted by Gasteiger charge is 2.15. The molecule has 4 nitrogen and oxygen atoms in total. The number of carbonyl (C=O) groups is 1. The van der Waals surface area contributed by atoms with E-state index in [-0.39, 0.29) is 10.9 Å². The molecule has 88 valence electrons. The zero-order valence-electron chi connectivity index (χ0n) is 9.05. The van der Waals surface area contributed by atoms with Crippen molar-refractivity contribution in [2.75, 3.05) is 0 Å². The van der Waals surface area contributed by atoms with Crippen molar-refractivity contribution >= 4 is 16.9 Å². The molecule has 0 amide bonds. The Balaban J connectivity index is 2.81. The molecule has 0 aliphatic carbocycles. The maximum Gasteiger partial charge on any atom is 0.326 e. The van der Waals surface area contributed by atoms with Crippen molar-refractivity contribution in [1.82, 2.24) is 4.57 Å². The Morgan fingerprint density at radius 1 is 1.41 bits per heavy atom. The van der Waals surface area contributed by atoms with Gasteiger partial charge in [0.2, 0.25) is 0 Å². The van der Waals surface area contributed by atoms with Crippen LogP contribution in [-0.4, -0.2) is 15.6 Å². The zero-order chi connectivity index (χ0) is 12.6. The highest BCUT2D eigenvalue weighted by Crippen LogP contribution is 2.16. The van der Waals surface area contributed by atoms with Crippen LogP contribution in [0.3, 0.4) is 0 Å². The molecule has 0 radical (unpaired) electrons. The van der Waals surface area contributed by atoms with E-state index in [1.165, 1.54) is 35.9 Å². The summed E-state index contributed by atoms with van der Waals surface area (Å²) in [6.07, 6.45) is 1.36. The van der Waals surface area contributed by atoms with Gasteiger partial charge in [0.25, 0.3) is 0 Å². The number of fused-ring (bicyclic) bond motifs is 1. The molecule has 2 rings (SSSR count). The summed E-state index contributed by atoms with van der Waals surface area (Å²) < 4.78 is 14.5. The number of carboxylic acid groups (broad SMARTS) is 1. The molecule has 0 aliphatic rings. The average Bonchev–Trinajstić information content (AvgIpc) is 2.28. The fourth-order valence-electron chi connectivity index (χ4n) is 1.70. The van der Waals surface area contributed by atoms with E-state index in [0.29, 0.717) is 5.39 Å². The van der Waals surface area contributed by atoms with Crippen LogP contribution in [0.2, 0.25) is 0 Å². The Morgan fingerprint density at radius 2 is 2.12 bits per heavy atom. The summed E-state index contributed by atoms with van der Waals surface area (Å²) in [7, 11) is 0. The third-order valence-electron chi connectivity index (χ3n) is 2.66. The third kappa shape index (κ3) is 1.91. The van der Waals surface area contributed by atoms with Crippen LogP contribution < -0.4 is 5.43 Å². The Morgan fingerprint density at radius 3 is 2.76 bits per heavy atom. The highest BCUT2D eigenvalue weighted by atomic mass is 19.1. The maximum atomic E-state index is 13.2. The molecule has 1 atom stereocenters. The standard InChI is InChI=1S/C12H10FNO3/c1-7(12(16)17)14-5-4-11(15)9-3-2-8(13)6-10(9)14/h2-7H,1H3,(H,16,17)/t7-/m0/s1. The molecule has 0 saturated heterocycles. The van der Waals surface area contributed by atoms with Crippen molar-refractivity contribution in [3.05, 3.63) is 46.5 Å². The molecule has 0 saturated carbocycles. The molecule has 2 aromatic rings. The third-order valence-corrected chi connectivity index (χ3v) is 2.66. The van der Waals surface area contributed by atoms with Gasteiger partial charge in [-0.3, -0.25) is 4.79 Å². The fraction of sp³-hybridized carbons (Fsp3) is 0.167. The van der Waals surface area contributed by atoms with E-state index < -0.39 is 17.8 Å². The van der Waals surface area contributed by atoms with Gasteiger partial charge >= 0.3 is 5.97 Å². The van der Waals surface area contributed by atoms with Crippen molar-refractivity contribution in [3.8, 4) is 0 Å². The number of pyridine rings is 1. The van der Waals surface area contributed by atoms with E-state index in [2.05, 4.69) is 0 Å². The second-order valence-electron chi connectivity index (χ2n) is 3.76. The molecule has 0 aliphatic heterocycles. The molecule has 0 unspecified atom stereocenters. The van der Waals surface area contributed by atoms with Crippen molar-refractivity contribution in [1.29, 1.82) is 0 Å². The molecule has 17 heavy (non-hydrogen) atoms. The number of aromatic nitrogens is 1. The molecular formula is C12H10FNO3. The van der Waals surface area contributed by atoms with E-state index in [4.69, 9.17) is 5.11 Å². The molecule has 0 spiro atoms. The minimum absolute atomic E-state index is 0.256. The lowest BCUT2D eigenvalue weighted by molar-refractivity contribution is -0.140. The predicted octanol–water partition coefficient (Wildman–Crippen LogP) is 1.79. The van der Waals surface area contributed by atoms with Gasteiger partial charge in [-0.2, -0.15) is 0 Å². The van der Waals surface area contributed by atoms with Crippen LogP contribution in [0.5, 0.6) is 0 Å². The lowest BCUT2D eigenvalue weighted by Crippen LogP contribution is -2.18. The van der Waals surface area contributed by atoms with Crippen LogP contribution in [0.25, 0.3) is 10.9 Å². The lowest BCUT2D eigenvalue weighted by atomic mass is 10.2. The number of hydrogen-bond donors (Lipinski definition) is 1. The number of nitrogens with zero attached hydrogens (tertiary/aromatic N) is 1. The summed E-state index contributed by atoms with van der Waals surface area (Å²) in [4.78, 5) is 22.5. The second kappa shape index (κ2) is 4.01. The van der Waals surface area contributed by atoms with Crippen molar-refractivity contribution < 1.29 is 14.3 Å². The summed E-state index contributed by atoms with van der Waals surface area (Å²) in [5.74, 6) is -1.55. The van der Waals surface area contributed by atoms with Crippen LogP contribution in [0.1, 0.15) is 13.0 Å². The van der Waals surface area contributed by atoms with Crippen molar-refractivity contribution in [3.63, 3.8) is 0 Å². The quantitative estimate of drug-likeness (QED) is 0.863. The Bertz CT molecular complexity index is 648. The topological polar surface area (TPSA) is 59.3 Å². The van der Waals surface area contributed by atoms with Gasteiger partial charge < -0.3 is 9.67 Å². The van der Waals surface area contributed by atoms with Crippen LogP contribution in [0.4, 0.5) is 4.39 Å². The van der Waals surface area contributed by atoms with Gasteiger partial charge in [0.05, 0.1) is 5.52 Å². The molecule has 0 bridgehead atoms. The first-order valence-corrected chi connectivity index (χ1v) is 5.04. The first-order valence-electron chi connectivity index (χ1n) is 5.04. The Hall–Kier alpha value is -2.17. The summed E-state index contributed by atoms with van der Waals surface area (Å²) in [5.41, 5.74) is 0.0289. The summed E-state index contributed by atoms with van der Waals surface area (Å²) in [5, 5.41) is 9.25. The fourth-order valence-corrected chi connectivity index (χ4v) is 1.70. The lowest BCUT2D eigenvalue weighted by Gasteiger charge is -2.14. The average molecular weight is 235 g/mol. The first kappa shape index (κ1) is 11.3. The van der Waals surface area contributed by atoms with Gasteiger partial charge in [-0.05, 0) is 25.1 Å². The normalized spacial score (nSPS) is 12.6. The van der Waals surface area contributed by atoms with Gasteiger partial charge in [0.15, 0.2) is 5.43 Å². The largest absolute Gasteiger partial charge is 0.480 e. The molecule has 1 N–H and O–H groups in total. The van der Waals surface area contributed by atoms with Crippen LogP contribution in [0.15, 0.2) is 35.3 Å². The van der Waals surface area contributed by atoms with E-state index in [1.807, 2.05) is 0 Å². The van der Waals surface area contributed by atoms with Gasteiger partial charge in [0, 0.05) is 17.6 Å². The molecule has 1 heterocycles. The minimum atomic E-state index is -1.04. The van der Waals surface area contributed by atoms with E-state index in [1.54, 1.807) is 0 Å². The smallest absolute Gasteiger partial charge is 0.326 e.